The number of hydrogen-bond donors (Lipinski definition) is 0. The first-order valence-electron chi connectivity index (χ1n) is 6.49. The van der Waals surface area contributed by atoms with Crippen molar-refractivity contribution < 1.29 is 0 Å². The maximum atomic E-state index is 5.96. The molecule has 96 valence electrons. The Morgan fingerprint density at radius 2 is 1.35 bits per heavy atom. The summed E-state index contributed by atoms with van der Waals surface area (Å²) < 4.78 is 0. The second-order valence-corrected chi connectivity index (χ2v) is 5.82. The standard InChI is InChI=1S/C14H23ClN2/c1-10(2)5-7-12-9-13(8-6-11(3)4)17-14(15)16-12/h9-11H,5-8H2,1-4H3. The molecule has 0 amide bonds. The van der Waals surface area contributed by atoms with E-state index in [-0.39, 0.29) is 0 Å². The van der Waals surface area contributed by atoms with Crippen LogP contribution in [0.2, 0.25) is 5.28 Å². The highest BCUT2D eigenvalue weighted by Crippen LogP contribution is 2.13. The van der Waals surface area contributed by atoms with Crippen LogP contribution in [0.1, 0.15) is 51.9 Å². The SMILES string of the molecule is CC(C)CCc1cc(CCC(C)C)nc(Cl)n1. The Morgan fingerprint density at radius 3 is 1.71 bits per heavy atom. The highest BCUT2D eigenvalue weighted by atomic mass is 35.5. The average Bonchev–Trinajstić information content (AvgIpc) is 2.23. The Morgan fingerprint density at radius 1 is 0.941 bits per heavy atom. The molecule has 1 aromatic rings. The van der Waals surface area contributed by atoms with Crippen LogP contribution in [0.4, 0.5) is 0 Å². The van der Waals surface area contributed by atoms with Crippen LogP contribution in [0.5, 0.6) is 0 Å². The molecule has 1 rings (SSSR count). The number of rotatable bonds is 6. The van der Waals surface area contributed by atoms with Gasteiger partial charge in [-0.3, -0.25) is 0 Å². The number of aromatic nitrogens is 2. The molecule has 3 heteroatoms. The number of hydrogen-bond acceptors (Lipinski definition) is 2. The third-order valence-electron chi connectivity index (χ3n) is 2.76. The minimum absolute atomic E-state index is 0.394. The van der Waals surface area contributed by atoms with Gasteiger partial charge in [0.25, 0.3) is 0 Å². The van der Waals surface area contributed by atoms with Crippen LogP contribution in [-0.2, 0) is 12.8 Å². The second kappa shape index (κ2) is 6.95. The minimum Gasteiger partial charge on any atom is -0.223 e. The monoisotopic (exact) mass is 254 g/mol. The number of nitrogens with zero attached hydrogens (tertiary/aromatic N) is 2. The lowest BCUT2D eigenvalue weighted by Crippen LogP contribution is -2.01. The summed E-state index contributed by atoms with van der Waals surface area (Å²) in [5, 5.41) is 0.394. The fourth-order valence-electron chi connectivity index (χ4n) is 1.65. The summed E-state index contributed by atoms with van der Waals surface area (Å²) in [6.07, 6.45) is 4.29. The molecule has 0 saturated carbocycles. The Kier molecular flexibility index (Phi) is 5.90. The summed E-state index contributed by atoms with van der Waals surface area (Å²) in [5.41, 5.74) is 2.16. The van der Waals surface area contributed by atoms with Crippen molar-refractivity contribution in [2.45, 2.75) is 53.4 Å². The molecule has 0 spiro atoms. The van der Waals surface area contributed by atoms with Crippen LogP contribution in [-0.4, -0.2) is 9.97 Å². The van der Waals surface area contributed by atoms with Crippen LogP contribution in [0.3, 0.4) is 0 Å². The van der Waals surface area contributed by atoms with E-state index in [0.717, 1.165) is 37.1 Å². The first-order chi connectivity index (χ1) is 7.97. The highest BCUT2D eigenvalue weighted by Gasteiger charge is 2.05. The predicted octanol–water partition coefficient (Wildman–Crippen LogP) is 4.31. The van der Waals surface area contributed by atoms with Crippen LogP contribution in [0, 0.1) is 11.8 Å². The molecule has 0 atom stereocenters. The summed E-state index contributed by atoms with van der Waals surface area (Å²) in [7, 11) is 0. The van der Waals surface area contributed by atoms with Gasteiger partial charge in [0.2, 0.25) is 5.28 Å². The van der Waals surface area contributed by atoms with Crippen molar-refractivity contribution in [3.63, 3.8) is 0 Å². The molecule has 0 fully saturated rings. The van der Waals surface area contributed by atoms with Gasteiger partial charge in [-0.15, -0.1) is 0 Å². The summed E-state index contributed by atoms with van der Waals surface area (Å²) in [6, 6.07) is 2.11. The van der Waals surface area contributed by atoms with E-state index in [9.17, 15) is 0 Å². The maximum absolute atomic E-state index is 5.96. The molecular formula is C14H23ClN2. The van der Waals surface area contributed by atoms with E-state index in [4.69, 9.17) is 11.6 Å². The molecule has 1 heterocycles. The summed E-state index contributed by atoms with van der Waals surface area (Å²) >= 11 is 5.96. The van der Waals surface area contributed by atoms with E-state index in [1.807, 2.05) is 0 Å². The lowest BCUT2D eigenvalue weighted by Gasteiger charge is -2.08. The number of halogens is 1. The lowest BCUT2D eigenvalue weighted by atomic mass is 10.0. The van der Waals surface area contributed by atoms with Gasteiger partial charge < -0.3 is 0 Å². The molecule has 0 aliphatic heterocycles. The van der Waals surface area contributed by atoms with E-state index in [1.165, 1.54) is 0 Å². The Bertz CT molecular complexity index is 318. The van der Waals surface area contributed by atoms with Crippen LogP contribution >= 0.6 is 11.6 Å². The maximum Gasteiger partial charge on any atom is 0.222 e. The topological polar surface area (TPSA) is 25.8 Å². The van der Waals surface area contributed by atoms with Crippen molar-refractivity contribution in [1.82, 2.24) is 9.97 Å². The molecule has 0 unspecified atom stereocenters. The van der Waals surface area contributed by atoms with Crippen molar-refractivity contribution in [2.24, 2.45) is 11.8 Å². The fourth-order valence-corrected chi connectivity index (χ4v) is 1.87. The molecule has 0 bridgehead atoms. The average molecular weight is 255 g/mol. The van der Waals surface area contributed by atoms with Gasteiger partial charge in [-0.2, -0.15) is 0 Å². The zero-order valence-corrected chi connectivity index (χ0v) is 12.1. The first-order valence-corrected chi connectivity index (χ1v) is 6.87. The normalized spacial score (nSPS) is 11.5. The van der Waals surface area contributed by atoms with Gasteiger partial charge in [-0.1, -0.05) is 27.7 Å². The Labute approximate surface area is 110 Å². The molecule has 0 N–H and O–H groups in total. The third kappa shape index (κ3) is 6.02. The second-order valence-electron chi connectivity index (χ2n) is 5.48. The van der Waals surface area contributed by atoms with Gasteiger partial charge in [-0.25, -0.2) is 9.97 Å². The molecule has 0 saturated heterocycles. The molecule has 17 heavy (non-hydrogen) atoms. The zero-order chi connectivity index (χ0) is 12.8. The zero-order valence-electron chi connectivity index (χ0n) is 11.3. The predicted molar refractivity (Wildman–Crippen MR) is 73.4 cm³/mol. The van der Waals surface area contributed by atoms with E-state index in [1.54, 1.807) is 0 Å². The smallest absolute Gasteiger partial charge is 0.222 e. The largest absolute Gasteiger partial charge is 0.223 e. The van der Waals surface area contributed by atoms with Crippen molar-refractivity contribution >= 4 is 11.6 Å². The highest BCUT2D eigenvalue weighted by molar-refractivity contribution is 6.28. The van der Waals surface area contributed by atoms with E-state index < -0.39 is 0 Å². The van der Waals surface area contributed by atoms with Crippen molar-refractivity contribution in [3.8, 4) is 0 Å². The lowest BCUT2D eigenvalue weighted by molar-refractivity contribution is 0.572. The molecule has 2 nitrogen and oxygen atoms in total. The molecule has 0 aromatic carbocycles. The van der Waals surface area contributed by atoms with Gasteiger partial charge in [0.15, 0.2) is 0 Å². The summed E-state index contributed by atoms with van der Waals surface area (Å²) in [4.78, 5) is 8.57. The van der Waals surface area contributed by atoms with Crippen LogP contribution < -0.4 is 0 Å². The van der Waals surface area contributed by atoms with Crippen molar-refractivity contribution in [2.75, 3.05) is 0 Å². The minimum atomic E-state index is 0.394. The van der Waals surface area contributed by atoms with Gasteiger partial charge in [0, 0.05) is 11.4 Å². The van der Waals surface area contributed by atoms with Gasteiger partial charge in [-0.05, 0) is 55.2 Å². The van der Waals surface area contributed by atoms with Gasteiger partial charge in [0.05, 0.1) is 0 Å². The van der Waals surface area contributed by atoms with Crippen LogP contribution in [0.25, 0.3) is 0 Å². The molecule has 0 aliphatic rings. The Hall–Kier alpha value is -0.630. The Balaban J connectivity index is 2.65. The fraction of sp³-hybridized carbons (Fsp3) is 0.714. The number of aryl methyl sites for hydroxylation is 2. The van der Waals surface area contributed by atoms with E-state index in [2.05, 4.69) is 43.7 Å². The van der Waals surface area contributed by atoms with Gasteiger partial charge >= 0.3 is 0 Å². The molecule has 0 aliphatic carbocycles. The van der Waals surface area contributed by atoms with Crippen LogP contribution in [0.15, 0.2) is 6.07 Å². The third-order valence-corrected chi connectivity index (χ3v) is 2.93. The summed E-state index contributed by atoms with van der Waals surface area (Å²) in [6.45, 7) is 8.90. The van der Waals surface area contributed by atoms with E-state index >= 15 is 0 Å². The molecule has 0 radical (unpaired) electrons. The van der Waals surface area contributed by atoms with E-state index in [0.29, 0.717) is 17.1 Å². The summed E-state index contributed by atoms with van der Waals surface area (Å²) in [5.74, 6) is 1.39. The molecular weight excluding hydrogens is 232 g/mol. The van der Waals surface area contributed by atoms with Crippen molar-refractivity contribution in [3.05, 3.63) is 22.7 Å². The molecule has 1 aromatic heterocycles. The first kappa shape index (κ1) is 14.4. The van der Waals surface area contributed by atoms with Gasteiger partial charge in [0.1, 0.15) is 0 Å². The van der Waals surface area contributed by atoms with Crippen molar-refractivity contribution in [1.29, 1.82) is 0 Å². The quantitative estimate of drug-likeness (QED) is 0.707.